The molecule has 0 aromatic heterocycles. The normalized spacial score (nSPS) is 11.0. The Bertz CT molecular complexity index is 825. The topological polar surface area (TPSA) is 75.7 Å². The maximum Gasteiger partial charge on any atom is 0.245 e. The smallest absolute Gasteiger partial charge is 0.245 e. The number of anilines is 2. The Morgan fingerprint density at radius 1 is 1.21 bits per heavy atom. The fourth-order valence-electron chi connectivity index (χ4n) is 2.06. The Balaban J connectivity index is 2.23. The van der Waals surface area contributed by atoms with Gasteiger partial charge in [-0.2, -0.15) is 0 Å². The lowest BCUT2D eigenvalue weighted by Gasteiger charge is -2.22. The van der Waals surface area contributed by atoms with Gasteiger partial charge < -0.3 is 10.1 Å². The quantitative estimate of drug-likeness (QED) is 0.850. The number of methoxy groups -OCH3 is 1. The monoisotopic (exact) mass is 368 g/mol. The number of para-hydroxylation sites is 1. The van der Waals surface area contributed by atoms with Gasteiger partial charge in [-0.25, -0.2) is 8.42 Å². The summed E-state index contributed by atoms with van der Waals surface area (Å²) in [5, 5.41) is 2.91. The van der Waals surface area contributed by atoms with Crippen molar-refractivity contribution in [3.05, 3.63) is 53.6 Å². The van der Waals surface area contributed by atoms with E-state index in [1.54, 1.807) is 30.3 Å². The summed E-state index contributed by atoms with van der Waals surface area (Å²) >= 11 is 6.04. The third-order valence-corrected chi connectivity index (χ3v) is 4.60. The number of halogens is 1. The van der Waals surface area contributed by atoms with Crippen LogP contribution in [0.25, 0.3) is 0 Å². The Morgan fingerprint density at radius 3 is 2.42 bits per heavy atom. The van der Waals surface area contributed by atoms with Crippen LogP contribution in [0, 0.1) is 0 Å². The van der Waals surface area contributed by atoms with Crippen molar-refractivity contribution in [2.75, 3.05) is 29.5 Å². The zero-order valence-electron chi connectivity index (χ0n) is 13.2. The van der Waals surface area contributed by atoms with Crippen LogP contribution in [-0.4, -0.2) is 34.2 Å². The first-order valence-electron chi connectivity index (χ1n) is 6.97. The van der Waals surface area contributed by atoms with E-state index in [0.717, 1.165) is 10.6 Å². The van der Waals surface area contributed by atoms with Gasteiger partial charge in [-0.1, -0.05) is 29.8 Å². The van der Waals surface area contributed by atoms with Gasteiger partial charge in [0.25, 0.3) is 0 Å². The predicted octanol–water partition coefficient (Wildman–Crippen LogP) is 2.75. The van der Waals surface area contributed by atoms with E-state index in [1.165, 1.54) is 19.2 Å². The molecule has 0 atom stereocenters. The molecule has 1 N–H and O–H groups in total. The van der Waals surface area contributed by atoms with Crippen molar-refractivity contribution in [2.24, 2.45) is 0 Å². The first-order chi connectivity index (χ1) is 11.3. The number of sulfonamides is 1. The van der Waals surface area contributed by atoms with E-state index in [-0.39, 0.29) is 17.3 Å². The molecular formula is C16H17ClN2O4S. The molecule has 1 amide bonds. The zero-order chi connectivity index (χ0) is 17.7. The number of nitrogens with one attached hydrogen (secondary N) is 1. The maximum absolute atomic E-state index is 12.2. The van der Waals surface area contributed by atoms with Crippen molar-refractivity contribution in [3.8, 4) is 5.75 Å². The van der Waals surface area contributed by atoms with Crippen molar-refractivity contribution in [1.82, 2.24) is 0 Å². The summed E-state index contributed by atoms with van der Waals surface area (Å²) in [6.07, 6.45) is 1.03. The van der Waals surface area contributed by atoms with Crippen LogP contribution in [0.3, 0.4) is 0 Å². The third-order valence-electron chi connectivity index (χ3n) is 3.17. The van der Waals surface area contributed by atoms with Gasteiger partial charge in [-0.3, -0.25) is 9.10 Å². The van der Waals surface area contributed by atoms with Gasteiger partial charge in [0.15, 0.2) is 0 Å². The van der Waals surface area contributed by atoms with Crippen molar-refractivity contribution >= 4 is 38.9 Å². The number of nitrogens with zero attached hydrogens (tertiary/aromatic N) is 1. The maximum atomic E-state index is 12.2. The molecule has 128 valence electrons. The van der Waals surface area contributed by atoms with Gasteiger partial charge in [-0.05, 0) is 30.3 Å². The number of carbonyl (C=O) groups is 1. The van der Waals surface area contributed by atoms with Crippen LogP contribution in [-0.2, 0) is 14.8 Å². The van der Waals surface area contributed by atoms with E-state index in [0.29, 0.717) is 11.4 Å². The third kappa shape index (κ3) is 4.62. The van der Waals surface area contributed by atoms with E-state index < -0.39 is 15.9 Å². The predicted molar refractivity (Wildman–Crippen MR) is 95.3 cm³/mol. The van der Waals surface area contributed by atoms with E-state index in [2.05, 4.69) is 5.32 Å². The number of ether oxygens (including phenoxy) is 1. The summed E-state index contributed by atoms with van der Waals surface area (Å²) < 4.78 is 30.1. The second-order valence-electron chi connectivity index (χ2n) is 5.00. The molecule has 2 aromatic rings. The van der Waals surface area contributed by atoms with Gasteiger partial charge in [0.1, 0.15) is 12.3 Å². The van der Waals surface area contributed by atoms with Gasteiger partial charge in [0.05, 0.1) is 24.1 Å². The Labute approximate surface area is 146 Å². The summed E-state index contributed by atoms with van der Waals surface area (Å²) in [7, 11) is -2.21. The second-order valence-corrected chi connectivity index (χ2v) is 7.32. The lowest BCUT2D eigenvalue weighted by atomic mass is 10.3. The summed E-state index contributed by atoms with van der Waals surface area (Å²) in [4.78, 5) is 12.2. The van der Waals surface area contributed by atoms with Crippen molar-refractivity contribution in [3.63, 3.8) is 0 Å². The standard InChI is InChI=1S/C16H17ClN2O4S/c1-23-15-9-8-13(10-14(15)17)19(24(2,21)22)11-16(20)18-12-6-4-3-5-7-12/h3-10H,11H2,1-2H3,(H,18,20). The molecule has 0 saturated heterocycles. The molecule has 0 heterocycles. The molecule has 0 spiro atoms. The van der Waals surface area contributed by atoms with Crippen LogP contribution in [0.5, 0.6) is 5.75 Å². The van der Waals surface area contributed by atoms with Gasteiger partial charge in [0, 0.05) is 5.69 Å². The van der Waals surface area contributed by atoms with Gasteiger partial charge in [-0.15, -0.1) is 0 Å². The van der Waals surface area contributed by atoms with Crippen LogP contribution in [0.2, 0.25) is 5.02 Å². The highest BCUT2D eigenvalue weighted by atomic mass is 35.5. The molecule has 24 heavy (non-hydrogen) atoms. The fourth-order valence-corrected chi connectivity index (χ4v) is 3.16. The van der Waals surface area contributed by atoms with Crippen molar-refractivity contribution in [1.29, 1.82) is 0 Å². The van der Waals surface area contributed by atoms with E-state index in [1.807, 2.05) is 6.07 Å². The van der Waals surface area contributed by atoms with Crippen molar-refractivity contribution in [2.45, 2.75) is 0 Å². The molecule has 0 aliphatic heterocycles. The van der Waals surface area contributed by atoms with E-state index in [9.17, 15) is 13.2 Å². The number of hydrogen-bond donors (Lipinski definition) is 1. The Hall–Kier alpha value is -2.25. The first-order valence-corrected chi connectivity index (χ1v) is 9.20. The second kappa shape index (κ2) is 7.55. The highest BCUT2D eigenvalue weighted by molar-refractivity contribution is 7.92. The molecule has 0 fully saturated rings. The van der Waals surface area contributed by atoms with Gasteiger partial charge >= 0.3 is 0 Å². The average molecular weight is 369 g/mol. The molecule has 0 aliphatic carbocycles. The summed E-state index contributed by atoms with van der Waals surface area (Å²) in [6.45, 7) is -0.365. The minimum absolute atomic E-state index is 0.257. The number of carbonyl (C=O) groups excluding carboxylic acids is 1. The lowest BCUT2D eigenvalue weighted by Crippen LogP contribution is -2.37. The zero-order valence-corrected chi connectivity index (χ0v) is 14.8. The van der Waals surface area contributed by atoms with Crippen LogP contribution in [0.4, 0.5) is 11.4 Å². The van der Waals surface area contributed by atoms with Gasteiger partial charge in [0.2, 0.25) is 15.9 Å². The largest absolute Gasteiger partial charge is 0.495 e. The summed E-state index contributed by atoms with van der Waals surface area (Å²) in [5.41, 5.74) is 0.871. The summed E-state index contributed by atoms with van der Waals surface area (Å²) in [6, 6.07) is 13.3. The number of amides is 1. The number of rotatable bonds is 6. The SMILES string of the molecule is COc1ccc(N(CC(=O)Nc2ccccc2)S(C)(=O)=O)cc1Cl. The van der Waals surface area contributed by atoms with E-state index in [4.69, 9.17) is 16.3 Å². The van der Waals surface area contributed by atoms with Crippen LogP contribution >= 0.6 is 11.6 Å². The molecule has 2 aromatic carbocycles. The average Bonchev–Trinajstić information content (AvgIpc) is 2.52. The molecule has 0 saturated carbocycles. The number of hydrogen-bond acceptors (Lipinski definition) is 4. The molecule has 0 bridgehead atoms. The number of benzene rings is 2. The molecule has 0 radical (unpaired) electrons. The molecule has 6 nitrogen and oxygen atoms in total. The van der Waals surface area contributed by atoms with Crippen molar-refractivity contribution < 1.29 is 17.9 Å². The summed E-state index contributed by atoms with van der Waals surface area (Å²) in [5.74, 6) is -0.0406. The molecule has 8 heteroatoms. The fraction of sp³-hybridized carbons (Fsp3) is 0.188. The minimum atomic E-state index is -3.67. The lowest BCUT2D eigenvalue weighted by molar-refractivity contribution is -0.114. The first kappa shape index (κ1) is 18.1. The molecule has 2 rings (SSSR count). The van der Waals surface area contributed by atoms with Crippen LogP contribution in [0.1, 0.15) is 0 Å². The van der Waals surface area contributed by atoms with E-state index >= 15 is 0 Å². The highest BCUT2D eigenvalue weighted by Gasteiger charge is 2.21. The molecule has 0 unspecified atom stereocenters. The highest BCUT2D eigenvalue weighted by Crippen LogP contribution is 2.30. The Morgan fingerprint density at radius 2 is 1.88 bits per heavy atom. The molecule has 0 aliphatic rings. The Kier molecular flexibility index (Phi) is 5.69. The minimum Gasteiger partial charge on any atom is -0.495 e. The molecular weight excluding hydrogens is 352 g/mol. The van der Waals surface area contributed by atoms with Crippen LogP contribution < -0.4 is 14.4 Å². The van der Waals surface area contributed by atoms with Crippen LogP contribution in [0.15, 0.2) is 48.5 Å².